The molecule has 5 nitrogen and oxygen atoms in total. The Kier molecular flexibility index (Phi) is 3.98. The monoisotopic (exact) mass is 270 g/mol. The summed E-state index contributed by atoms with van der Waals surface area (Å²) in [4.78, 5) is 0. The number of aromatic nitrogens is 4. The van der Waals surface area contributed by atoms with Crippen LogP contribution in [-0.4, -0.2) is 37.7 Å². The van der Waals surface area contributed by atoms with Crippen LogP contribution < -0.4 is 0 Å². The summed E-state index contributed by atoms with van der Waals surface area (Å²) in [6, 6.07) is 5.64. The minimum absolute atomic E-state index is 0.0895. The van der Waals surface area contributed by atoms with Crippen LogP contribution in [0.15, 0.2) is 23.4 Å². The number of nitrogens with zero attached hydrogens (tertiary/aromatic N) is 4. The van der Waals surface area contributed by atoms with Crippen LogP contribution in [0.1, 0.15) is 5.56 Å². The van der Waals surface area contributed by atoms with Crippen LogP contribution in [-0.2, 0) is 0 Å². The molecule has 0 aliphatic carbocycles. The standard InChI is InChI=1S/C10H11ClN4OS/c1-7-2-3-8(6-9(7)11)15-10(12-13-14-15)17-5-4-16/h2-3,6,16H,4-5H2,1H3. The van der Waals surface area contributed by atoms with Crippen LogP contribution >= 0.6 is 23.4 Å². The number of benzene rings is 1. The molecular weight excluding hydrogens is 260 g/mol. The van der Waals surface area contributed by atoms with E-state index >= 15 is 0 Å². The van der Waals surface area contributed by atoms with Crippen molar-refractivity contribution in [3.63, 3.8) is 0 Å². The number of halogens is 1. The van der Waals surface area contributed by atoms with Gasteiger partial charge in [-0.05, 0) is 35.0 Å². The van der Waals surface area contributed by atoms with Gasteiger partial charge in [0, 0.05) is 10.8 Å². The fourth-order valence-electron chi connectivity index (χ4n) is 1.28. The van der Waals surface area contributed by atoms with Crippen LogP contribution in [0.3, 0.4) is 0 Å². The Morgan fingerprint density at radius 1 is 1.47 bits per heavy atom. The topological polar surface area (TPSA) is 63.8 Å². The number of aliphatic hydroxyl groups excluding tert-OH is 1. The molecular formula is C10H11ClN4OS. The molecule has 0 amide bonds. The number of aryl methyl sites for hydroxylation is 1. The summed E-state index contributed by atoms with van der Waals surface area (Å²) >= 11 is 7.45. The highest BCUT2D eigenvalue weighted by Crippen LogP contribution is 2.22. The SMILES string of the molecule is Cc1ccc(-n2nnnc2SCCO)cc1Cl. The van der Waals surface area contributed by atoms with Gasteiger partial charge in [0.1, 0.15) is 0 Å². The Morgan fingerprint density at radius 3 is 3.00 bits per heavy atom. The summed E-state index contributed by atoms with van der Waals surface area (Å²) in [6.07, 6.45) is 0. The van der Waals surface area contributed by atoms with Crippen molar-refractivity contribution >= 4 is 23.4 Å². The van der Waals surface area contributed by atoms with Crippen molar-refractivity contribution in [2.75, 3.05) is 12.4 Å². The van der Waals surface area contributed by atoms with Crippen LogP contribution in [0, 0.1) is 6.92 Å². The van der Waals surface area contributed by atoms with E-state index in [2.05, 4.69) is 15.5 Å². The minimum Gasteiger partial charge on any atom is -0.396 e. The molecule has 1 N–H and O–H groups in total. The van der Waals surface area contributed by atoms with Gasteiger partial charge in [0.2, 0.25) is 5.16 Å². The van der Waals surface area contributed by atoms with E-state index in [1.54, 1.807) is 4.68 Å². The summed E-state index contributed by atoms with van der Waals surface area (Å²) in [5.41, 5.74) is 1.82. The maximum Gasteiger partial charge on any atom is 0.214 e. The molecule has 7 heteroatoms. The molecule has 0 bridgehead atoms. The molecule has 1 aromatic carbocycles. The van der Waals surface area contributed by atoms with E-state index in [4.69, 9.17) is 16.7 Å². The first-order chi connectivity index (χ1) is 8.22. The largest absolute Gasteiger partial charge is 0.396 e. The van der Waals surface area contributed by atoms with E-state index < -0.39 is 0 Å². The molecule has 0 aliphatic rings. The highest BCUT2D eigenvalue weighted by atomic mass is 35.5. The van der Waals surface area contributed by atoms with Crippen molar-refractivity contribution in [1.82, 2.24) is 20.2 Å². The molecule has 0 fully saturated rings. The molecule has 1 heterocycles. The van der Waals surface area contributed by atoms with Crippen LogP contribution in [0.2, 0.25) is 5.02 Å². The average Bonchev–Trinajstić information content (AvgIpc) is 2.78. The Hall–Kier alpha value is -1.11. The average molecular weight is 271 g/mol. The fraction of sp³-hybridized carbons (Fsp3) is 0.300. The number of rotatable bonds is 4. The Bertz CT molecular complexity index is 517. The van der Waals surface area contributed by atoms with E-state index in [9.17, 15) is 0 Å². The van der Waals surface area contributed by atoms with E-state index in [-0.39, 0.29) is 6.61 Å². The van der Waals surface area contributed by atoms with Gasteiger partial charge in [-0.25, -0.2) is 0 Å². The van der Waals surface area contributed by atoms with Crippen molar-refractivity contribution in [3.05, 3.63) is 28.8 Å². The van der Waals surface area contributed by atoms with Crippen molar-refractivity contribution in [3.8, 4) is 5.69 Å². The van der Waals surface area contributed by atoms with Crippen LogP contribution in [0.25, 0.3) is 5.69 Å². The highest BCUT2D eigenvalue weighted by Gasteiger charge is 2.09. The molecule has 0 atom stereocenters. The first-order valence-electron chi connectivity index (χ1n) is 5.01. The van der Waals surface area contributed by atoms with Gasteiger partial charge < -0.3 is 5.11 Å². The van der Waals surface area contributed by atoms with Gasteiger partial charge in [-0.1, -0.05) is 29.4 Å². The Morgan fingerprint density at radius 2 is 2.29 bits per heavy atom. The van der Waals surface area contributed by atoms with Gasteiger partial charge in [-0.2, -0.15) is 4.68 Å². The Labute approximate surface area is 108 Å². The quantitative estimate of drug-likeness (QED) is 0.857. The number of thioether (sulfide) groups is 1. The molecule has 0 spiro atoms. The zero-order valence-corrected chi connectivity index (χ0v) is 10.7. The van der Waals surface area contributed by atoms with Crippen molar-refractivity contribution in [2.24, 2.45) is 0 Å². The van der Waals surface area contributed by atoms with E-state index in [1.165, 1.54) is 11.8 Å². The van der Waals surface area contributed by atoms with Crippen LogP contribution in [0.4, 0.5) is 0 Å². The molecule has 0 unspecified atom stereocenters. The summed E-state index contributed by atoms with van der Waals surface area (Å²) in [6.45, 7) is 2.03. The number of tetrazole rings is 1. The van der Waals surface area contributed by atoms with E-state index in [1.807, 2.05) is 25.1 Å². The maximum atomic E-state index is 8.79. The summed E-state index contributed by atoms with van der Waals surface area (Å²) < 4.78 is 1.60. The fourth-order valence-corrected chi connectivity index (χ4v) is 2.09. The zero-order chi connectivity index (χ0) is 12.3. The normalized spacial score (nSPS) is 10.8. The van der Waals surface area contributed by atoms with Gasteiger partial charge >= 0.3 is 0 Å². The zero-order valence-electron chi connectivity index (χ0n) is 9.17. The van der Waals surface area contributed by atoms with Gasteiger partial charge in [-0.3, -0.25) is 0 Å². The molecule has 0 saturated carbocycles. The lowest BCUT2D eigenvalue weighted by Crippen LogP contribution is -2.00. The molecule has 2 aromatic rings. The van der Waals surface area contributed by atoms with E-state index in [0.717, 1.165) is 11.3 Å². The van der Waals surface area contributed by atoms with Gasteiger partial charge in [0.15, 0.2) is 0 Å². The van der Waals surface area contributed by atoms with Gasteiger partial charge in [0.05, 0.1) is 12.3 Å². The second-order valence-corrected chi connectivity index (χ2v) is 4.85. The lowest BCUT2D eigenvalue weighted by atomic mass is 10.2. The molecule has 0 aliphatic heterocycles. The van der Waals surface area contributed by atoms with Gasteiger partial charge in [-0.15, -0.1) is 5.10 Å². The van der Waals surface area contributed by atoms with Crippen molar-refractivity contribution < 1.29 is 5.11 Å². The predicted octanol–water partition coefficient (Wildman–Crippen LogP) is 1.71. The predicted molar refractivity (Wildman–Crippen MR) is 66.7 cm³/mol. The van der Waals surface area contributed by atoms with Crippen molar-refractivity contribution in [2.45, 2.75) is 12.1 Å². The lowest BCUT2D eigenvalue weighted by molar-refractivity contribution is 0.322. The van der Waals surface area contributed by atoms with E-state index in [0.29, 0.717) is 15.9 Å². The smallest absolute Gasteiger partial charge is 0.214 e. The molecule has 90 valence electrons. The molecule has 1 aromatic heterocycles. The van der Waals surface area contributed by atoms with Crippen molar-refractivity contribution in [1.29, 1.82) is 0 Å². The number of aliphatic hydroxyl groups is 1. The third kappa shape index (κ3) is 2.77. The highest BCUT2D eigenvalue weighted by molar-refractivity contribution is 7.99. The molecule has 17 heavy (non-hydrogen) atoms. The molecule has 0 saturated heterocycles. The number of hydrogen-bond donors (Lipinski definition) is 1. The first-order valence-corrected chi connectivity index (χ1v) is 6.37. The van der Waals surface area contributed by atoms with Gasteiger partial charge in [0.25, 0.3) is 0 Å². The second-order valence-electron chi connectivity index (χ2n) is 3.38. The minimum atomic E-state index is 0.0895. The first kappa shape index (κ1) is 12.3. The lowest BCUT2D eigenvalue weighted by Gasteiger charge is -2.05. The number of hydrogen-bond acceptors (Lipinski definition) is 5. The molecule has 2 rings (SSSR count). The third-order valence-electron chi connectivity index (χ3n) is 2.16. The summed E-state index contributed by atoms with van der Waals surface area (Å²) in [5.74, 6) is 0.556. The summed E-state index contributed by atoms with van der Waals surface area (Å²) in [7, 11) is 0. The Balaban J connectivity index is 2.32. The third-order valence-corrected chi connectivity index (χ3v) is 3.47. The summed E-state index contributed by atoms with van der Waals surface area (Å²) in [5, 5.41) is 21.5. The second kappa shape index (κ2) is 5.48. The van der Waals surface area contributed by atoms with Crippen LogP contribution in [0.5, 0.6) is 0 Å². The molecule has 0 radical (unpaired) electrons. The maximum absolute atomic E-state index is 8.79.